The number of allylic oxidation sites excluding steroid dienone is 4. The highest BCUT2D eigenvalue weighted by Gasteiger charge is 2.32. The SMILES string of the molecule is Cc1ccccc1-c1ccc2c3ccc(-c4ccccc4C)cc3n(-c3ccc(=C4C=CC(C(F)(F)F)=CC4)c(=C4N=C(c5ccccc5)N=C(c5ccccc5)N4)c3)c2c1. The number of rotatable bonds is 5. The monoisotopic (exact) mass is 800 g/mol. The summed E-state index contributed by atoms with van der Waals surface area (Å²) >= 11 is 0. The molecule has 1 aliphatic carbocycles. The van der Waals surface area contributed by atoms with Crippen LogP contribution in [0.15, 0.2) is 198 Å². The Morgan fingerprint density at radius 2 is 1.11 bits per heavy atom. The van der Waals surface area contributed by atoms with Gasteiger partial charge < -0.3 is 9.88 Å². The van der Waals surface area contributed by atoms with Crippen molar-refractivity contribution >= 4 is 44.9 Å². The lowest BCUT2D eigenvalue weighted by Crippen LogP contribution is -2.38. The average molecular weight is 801 g/mol. The number of nitrogens with one attached hydrogen (secondary N) is 1. The third kappa shape index (κ3) is 7.08. The smallest absolute Gasteiger partial charge is 0.324 e. The van der Waals surface area contributed by atoms with Crippen LogP contribution in [-0.4, -0.2) is 22.4 Å². The molecular weight excluding hydrogens is 762 g/mol. The minimum Gasteiger partial charge on any atom is -0.324 e. The van der Waals surface area contributed by atoms with Crippen LogP contribution in [0.5, 0.6) is 0 Å². The molecule has 2 aliphatic rings. The zero-order chi connectivity index (χ0) is 41.7. The fourth-order valence-electron chi connectivity index (χ4n) is 8.51. The molecule has 0 atom stereocenters. The van der Waals surface area contributed by atoms with E-state index >= 15 is 0 Å². The third-order valence-electron chi connectivity index (χ3n) is 11.6. The zero-order valence-corrected chi connectivity index (χ0v) is 33.5. The molecule has 1 aromatic heterocycles. The van der Waals surface area contributed by atoms with E-state index in [0.29, 0.717) is 17.5 Å². The largest absolute Gasteiger partial charge is 0.416 e. The highest BCUT2D eigenvalue weighted by atomic mass is 19.4. The van der Waals surface area contributed by atoms with Crippen molar-refractivity contribution in [2.75, 3.05) is 0 Å². The molecular formula is C54H39F3N4. The summed E-state index contributed by atoms with van der Waals surface area (Å²) in [6.07, 6.45) is -0.321. The van der Waals surface area contributed by atoms with Crippen LogP contribution in [0, 0.1) is 13.8 Å². The Hall–Kier alpha value is -7.51. The van der Waals surface area contributed by atoms with Gasteiger partial charge in [-0.15, -0.1) is 0 Å². The molecule has 8 aromatic rings. The molecule has 0 bridgehead atoms. The molecule has 7 heteroatoms. The fraction of sp³-hybridized carbons (Fsp3) is 0.0741. The van der Waals surface area contributed by atoms with Crippen LogP contribution in [-0.2, 0) is 0 Å². The summed E-state index contributed by atoms with van der Waals surface area (Å²) in [6, 6.07) is 56.0. The minimum absolute atomic E-state index is 0.106. The lowest BCUT2D eigenvalue weighted by atomic mass is 9.98. The minimum atomic E-state index is -4.44. The summed E-state index contributed by atoms with van der Waals surface area (Å²) in [5.74, 6) is 1.68. The lowest BCUT2D eigenvalue weighted by molar-refractivity contribution is -0.0884. The fourth-order valence-corrected chi connectivity index (χ4v) is 8.51. The number of hydrogen-bond acceptors (Lipinski definition) is 3. The standard InChI is InChI=1S/C54H39F3N4/c1-34-13-9-11-19-43(34)39-23-28-46-47-29-24-40(44-20-12-10-14-35(44)2)32-50(47)61(49(46)31-39)42-27-30-45(36-21-25-41(26-22-36)54(55,56)57)48(33-42)53-59-51(37-15-5-3-6-16-37)58-52(60-53)38-17-7-4-8-18-38/h3-21,23-33H,22H2,1-2H3,(H,58,59,60). The highest BCUT2D eigenvalue weighted by Crippen LogP contribution is 2.38. The molecule has 0 spiro atoms. The number of aromatic nitrogens is 1. The Kier molecular flexibility index (Phi) is 9.44. The van der Waals surface area contributed by atoms with Crippen LogP contribution in [0.25, 0.3) is 61.1 Å². The quantitative estimate of drug-likeness (QED) is 0.185. The van der Waals surface area contributed by atoms with E-state index in [1.54, 1.807) is 6.08 Å². The van der Waals surface area contributed by atoms with Crippen molar-refractivity contribution in [3.8, 4) is 27.9 Å². The maximum Gasteiger partial charge on any atom is 0.416 e. The Morgan fingerprint density at radius 1 is 0.541 bits per heavy atom. The Balaban J connectivity index is 1.29. The van der Waals surface area contributed by atoms with E-state index in [0.717, 1.165) is 83.0 Å². The number of benzene rings is 7. The zero-order valence-electron chi connectivity index (χ0n) is 33.5. The van der Waals surface area contributed by atoms with Gasteiger partial charge in [-0.05, 0) is 88.7 Å². The number of aryl methyl sites for hydroxylation is 2. The summed E-state index contributed by atoms with van der Waals surface area (Å²) < 4.78 is 43.9. The van der Waals surface area contributed by atoms with Gasteiger partial charge in [0.05, 0.1) is 16.6 Å². The van der Waals surface area contributed by atoms with E-state index in [4.69, 9.17) is 9.98 Å². The topological polar surface area (TPSA) is 41.7 Å². The van der Waals surface area contributed by atoms with Gasteiger partial charge in [-0.2, -0.15) is 13.2 Å². The van der Waals surface area contributed by atoms with Crippen molar-refractivity contribution in [1.82, 2.24) is 9.88 Å². The first-order chi connectivity index (χ1) is 29.7. The third-order valence-corrected chi connectivity index (χ3v) is 11.6. The summed E-state index contributed by atoms with van der Waals surface area (Å²) in [5, 5.41) is 7.27. The van der Waals surface area contributed by atoms with Gasteiger partial charge in [0.2, 0.25) is 0 Å². The van der Waals surface area contributed by atoms with E-state index in [1.807, 2.05) is 66.7 Å². The molecule has 0 unspecified atom stereocenters. The van der Waals surface area contributed by atoms with Gasteiger partial charge in [0.1, 0.15) is 11.7 Å². The molecule has 0 radical (unpaired) electrons. The van der Waals surface area contributed by atoms with Gasteiger partial charge in [0, 0.05) is 32.8 Å². The lowest BCUT2D eigenvalue weighted by Gasteiger charge is -2.19. The number of alkyl halides is 3. The normalized spacial score (nSPS) is 16.0. The first-order valence-electron chi connectivity index (χ1n) is 20.3. The second-order valence-corrected chi connectivity index (χ2v) is 15.5. The van der Waals surface area contributed by atoms with Crippen molar-refractivity contribution in [2.24, 2.45) is 9.98 Å². The average Bonchev–Trinajstić information content (AvgIpc) is 3.62. The summed E-state index contributed by atoms with van der Waals surface area (Å²) in [5.41, 5.74) is 11.6. The van der Waals surface area contributed by atoms with E-state index in [1.165, 1.54) is 17.2 Å². The van der Waals surface area contributed by atoms with Crippen molar-refractivity contribution < 1.29 is 13.2 Å². The Labute approximate surface area is 351 Å². The Bertz CT molecular complexity index is 3190. The Morgan fingerprint density at radius 3 is 1.67 bits per heavy atom. The maximum atomic E-state index is 13.9. The summed E-state index contributed by atoms with van der Waals surface area (Å²) in [4.78, 5) is 10.2. The summed E-state index contributed by atoms with van der Waals surface area (Å²) in [6.45, 7) is 4.26. The molecule has 0 amide bonds. The van der Waals surface area contributed by atoms with E-state index in [9.17, 15) is 13.2 Å². The second-order valence-electron chi connectivity index (χ2n) is 15.5. The van der Waals surface area contributed by atoms with Gasteiger partial charge in [0.15, 0.2) is 5.84 Å². The second kappa shape index (κ2) is 15.3. The number of hydrogen-bond donors (Lipinski definition) is 1. The number of nitrogens with zero attached hydrogens (tertiary/aromatic N) is 3. The molecule has 0 fully saturated rings. The van der Waals surface area contributed by atoms with Crippen LogP contribution >= 0.6 is 0 Å². The van der Waals surface area contributed by atoms with Crippen LogP contribution in [0.1, 0.15) is 28.7 Å². The molecule has 1 N–H and O–H groups in total. The van der Waals surface area contributed by atoms with E-state index in [-0.39, 0.29) is 6.42 Å². The molecule has 1 aliphatic heterocycles. The summed E-state index contributed by atoms with van der Waals surface area (Å²) in [7, 11) is 0. The molecule has 2 heterocycles. The van der Waals surface area contributed by atoms with Gasteiger partial charge in [-0.3, -0.25) is 0 Å². The van der Waals surface area contributed by atoms with Crippen LogP contribution in [0.2, 0.25) is 0 Å². The van der Waals surface area contributed by atoms with Crippen LogP contribution in [0.4, 0.5) is 13.2 Å². The first kappa shape index (κ1) is 37.7. The molecule has 7 aromatic carbocycles. The van der Waals surface area contributed by atoms with Gasteiger partial charge in [-0.1, -0.05) is 158 Å². The van der Waals surface area contributed by atoms with Gasteiger partial charge >= 0.3 is 6.18 Å². The molecule has 4 nitrogen and oxygen atoms in total. The molecule has 296 valence electrons. The van der Waals surface area contributed by atoms with Crippen molar-refractivity contribution in [2.45, 2.75) is 26.4 Å². The number of aliphatic imine (C=N–C) groups is 2. The van der Waals surface area contributed by atoms with E-state index < -0.39 is 11.7 Å². The maximum absolute atomic E-state index is 13.9. The first-order valence-corrected chi connectivity index (χ1v) is 20.3. The number of amidine groups is 2. The molecule has 61 heavy (non-hydrogen) atoms. The molecule has 10 rings (SSSR count). The van der Waals surface area contributed by atoms with E-state index in [2.05, 4.69) is 121 Å². The van der Waals surface area contributed by atoms with Gasteiger partial charge in [0.25, 0.3) is 0 Å². The van der Waals surface area contributed by atoms with Crippen LogP contribution < -0.4 is 15.8 Å². The highest BCUT2D eigenvalue weighted by molar-refractivity contribution is 6.16. The predicted octanol–water partition coefficient (Wildman–Crippen LogP) is 11.9. The number of fused-ring (bicyclic) bond motifs is 3. The van der Waals surface area contributed by atoms with Crippen LogP contribution in [0.3, 0.4) is 0 Å². The van der Waals surface area contributed by atoms with Crippen molar-refractivity contribution in [1.29, 1.82) is 0 Å². The van der Waals surface area contributed by atoms with Gasteiger partial charge in [-0.25, -0.2) is 9.98 Å². The van der Waals surface area contributed by atoms with Crippen molar-refractivity contribution in [3.63, 3.8) is 0 Å². The molecule has 0 saturated carbocycles. The number of halogens is 3. The van der Waals surface area contributed by atoms with Crippen molar-refractivity contribution in [3.05, 3.63) is 220 Å². The molecule has 0 saturated heterocycles. The predicted molar refractivity (Wildman–Crippen MR) is 244 cm³/mol.